The maximum Gasteiger partial charge on any atom is 0.475 e. The molecule has 0 bridgehead atoms. The van der Waals surface area contributed by atoms with Crippen molar-refractivity contribution in [1.82, 2.24) is 0 Å². The van der Waals surface area contributed by atoms with Crippen LogP contribution in [0.15, 0.2) is 115 Å². The Morgan fingerprint density at radius 1 is 0.472 bits per heavy atom. The van der Waals surface area contributed by atoms with Crippen LogP contribution in [-0.4, -0.2) is 0 Å². The summed E-state index contributed by atoms with van der Waals surface area (Å²) in [7, 11) is -3.86. The highest BCUT2D eigenvalue weighted by Gasteiger charge is 2.28. The lowest BCUT2D eigenvalue weighted by atomic mass is 9.92. The van der Waals surface area contributed by atoms with Crippen molar-refractivity contribution in [2.24, 2.45) is 0 Å². The maximum absolute atomic E-state index is 13.7. The van der Waals surface area contributed by atoms with Crippen LogP contribution in [0.25, 0.3) is 32.3 Å². The van der Waals surface area contributed by atoms with Crippen LogP contribution in [0.2, 0.25) is 0 Å². The van der Waals surface area contributed by atoms with Crippen LogP contribution in [0.5, 0.6) is 0 Å². The van der Waals surface area contributed by atoms with Crippen molar-refractivity contribution in [3.63, 3.8) is 0 Å². The summed E-state index contributed by atoms with van der Waals surface area (Å²) >= 11 is 0. The molecule has 6 aromatic carbocycles. The second kappa shape index (κ2) is 9.85. The van der Waals surface area contributed by atoms with E-state index in [0.29, 0.717) is 0 Å². The number of benzene rings is 6. The molecule has 0 aliphatic carbocycles. The van der Waals surface area contributed by atoms with E-state index in [1.54, 1.807) is 0 Å². The molecule has 0 saturated carbocycles. The van der Waals surface area contributed by atoms with Crippen molar-refractivity contribution in [2.45, 2.75) is 19.8 Å². The zero-order chi connectivity index (χ0) is 24.4. The molecule has 0 aromatic heterocycles. The Kier molecular flexibility index (Phi) is 6.27. The second-order valence-corrected chi connectivity index (χ2v) is 10.5. The molecule has 0 unspecified atom stereocenters. The third kappa shape index (κ3) is 4.65. The fourth-order valence-corrected chi connectivity index (χ4v) is 5.77. The van der Waals surface area contributed by atoms with Crippen molar-refractivity contribution in [1.29, 1.82) is 0 Å². The predicted molar refractivity (Wildman–Crippen MR) is 145 cm³/mol. The molecule has 0 amide bonds. The van der Waals surface area contributed by atoms with Crippen LogP contribution < -0.4 is 0 Å². The Hall–Kier alpha value is -3.53. The first-order chi connectivity index (χ1) is 17.7. The Bertz CT molecular complexity index is 1600. The Morgan fingerprint density at radius 3 is 1.58 bits per heavy atom. The summed E-state index contributed by atoms with van der Waals surface area (Å²) in [6.45, 7) is 0.367. The molecule has 0 spiro atoms. The zero-order valence-electron chi connectivity index (χ0n) is 19.7. The SMILES string of the molecule is O=P(OCc1ccccc1)(OCc1ccccc1)OCc1ccc2ccc3cccc4ccc1c2c34. The lowest BCUT2D eigenvalue weighted by molar-refractivity contribution is 0.0981. The van der Waals surface area contributed by atoms with E-state index in [9.17, 15) is 4.57 Å². The Balaban J connectivity index is 1.29. The molecule has 5 heteroatoms. The molecule has 0 radical (unpaired) electrons. The highest BCUT2D eigenvalue weighted by Crippen LogP contribution is 2.52. The van der Waals surface area contributed by atoms with E-state index >= 15 is 0 Å². The minimum absolute atomic E-state index is 0.106. The minimum atomic E-state index is -3.86. The number of hydrogen-bond acceptors (Lipinski definition) is 4. The Labute approximate surface area is 210 Å². The molecule has 6 aromatic rings. The lowest BCUT2D eigenvalue weighted by Gasteiger charge is -2.19. The average molecular weight is 493 g/mol. The molecule has 0 fully saturated rings. The summed E-state index contributed by atoms with van der Waals surface area (Å²) in [6, 6.07) is 38.2. The molecule has 0 N–H and O–H groups in total. The molecular formula is C31H25O4P. The van der Waals surface area contributed by atoms with Crippen LogP contribution >= 0.6 is 7.82 Å². The van der Waals surface area contributed by atoms with Gasteiger partial charge in [0.25, 0.3) is 0 Å². The molecule has 0 heterocycles. The van der Waals surface area contributed by atoms with Gasteiger partial charge in [0.15, 0.2) is 0 Å². The number of phosphoric acid groups is 1. The maximum atomic E-state index is 13.7. The third-order valence-electron chi connectivity index (χ3n) is 6.46. The van der Waals surface area contributed by atoms with E-state index in [2.05, 4.69) is 48.5 Å². The summed E-state index contributed by atoms with van der Waals surface area (Å²) in [5.41, 5.74) is 2.73. The van der Waals surface area contributed by atoms with Gasteiger partial charge in [0.1, 0.15) is 0 Å². The summed E-state index contributed by atoms with van der Waals surface area (Å²) in [5, 5.41) is 7.07. The van der Waals surface area contributed by atoms with Crippen LogP contribution in [-0.2, 0) is 38.0 Å². The van der Waals surface area contributed by atoms with Gasteiger partial charge in [0.2, 0.25) is 0 Å². The van der Waals surface area contributed by atoms with Gasteiger partial charge in [-0.05, 0) is 49.0 Å². The van der Waals surface area contributed by atoms with Gasteiger partial charge < -0.3 is 0 Å². The molecule has 6 rings (SSSR count). The van der Waals surface area contributed by atoms with Crippen molar-refractivity contribution in [3.8, 4) is 0 Å². The van der Waals surface area contributed by atoms with E-state index < -0.39 is 7.82 Å². The van der Waals surface area contributed by atoms with Gasteiger partial charge in [-0.15, -0.1) is 0 Å². The summed E-state index contributed by atoms with van der Waals surface area (Å²) in [6.07, 6.45) is 0. The van der Waals surface area contributed by atoms with Crippen molar-refractivity contribution < 1.29 is 18.1 Å². The van der Waals surface area contributed by atoms with Crippen LogP contribution in [0, 0.1) is 0 Å². The molecule has 0 saturated heterocycles. The van der Waals surface area contributed by atoms with E-state index in [-0.39, 0.29) is 19.8 Å². The first kappa shape index (κ1) is 22.9. The average Bonchev–Trinajstić information content (AvgIpc) is 2.94. The van der Waals surface area contributed by atoms with Gasteiger partial charge >= 0.3 is 7.82 Å². The van der Waals surface area contributed by atoms with Crippen molar-refractivity contribution in [2.75, 3.05) is 0 Å². The monoisotopic (exact) mass is 492 g/mol. The lowest BCUT2D eigenvalue weighted by Crippen LogP contribution is -2.02. The molecule has 4 nitrogen and oxygen atoms in total. The fourth-order valence-electron chi connectivity index (χ4n) is 4.64. The van der Waals surface area contributed by atoms with Crippen molar-refractivity contribution in [3.05, 3.63) is 132 Å². The molecule has 178 valence electrons. The van der Waals surface area contributed by atoms with Gasteiger partial charge in [-0.3, -0.25) is 13.6 Å². The molecular weight excluding hydrogens is 467 g/mol. The normalized spacial score (nSPS) is 12.1. The van der Waals surface area contributed by atoms with Gasteiger partial charge in [-0.25, -0.2) is 4.57 Å². The third-order valence-corrected chi connectivity index (χ3v) is 7.80. The first-order valence-corrected chi connectivity index (χ1v) is 13.4. The molecule has 0 atom stereocenters. The predicted octanol–water partition coefficient (Wildman–Crippen LogP) is 8.64. The highest BCUT2D eigenvalue weighted by atomic mass is 31.2. The van der Waals surface area contributed by atoms with Crippen molar-refractivity contribution >= 4 is 40.1 Å². The van der Waals surface area contributed by atoms with E-state index in [4.69, 9.17) is 13.6 Å². The van der Waals surface area contributed by atoms with E-state index in [0.717, 1.165) is 22.1 Å². The largest absolute Gasteiger partial charge is 0.475 e. The number of hydrogen-bond donors (Lipinski definition) is 0. The first-order valence-electron chi connectivity index (χ1n) is 12.0. The fraction of sp³-hybridized carbons (Fsp3) is 0.0968. The Morgan fingerprint density at radius 2 is 0.972 bits per heavy atom. The minimum Gasteiger partial charge on any atom is -0.282 e. The van der Waals surface area contributed by atoms with E-state index in [1.165, 1.54) is 26.9 Å². The topological polar surface area (TPSA) is 44.8 Å². The van der Waals surface area contributed by atoms with Gasteiger partial charge in [-0.1, -0.05) is 115 Å². The summed E-state index contributed by atoms with van der Waals surface area (Å²) < 4.78 is 31.3. The summed E-state index contributed by atoms with van der Waals surface area (Å²) in [5.74, 6) is 0. The summed E-state index contributed by atoms with van der Waals surface area (Å²) in [4.78, 5) is 0. The quantitative estimate of drug-likeness (QED) is 0.150. The number of phosphoric ester groups is 1. The van der Waals surface area contributed by atoms with Gasteiger partial charge in [0, 0.05) is 0 Å². The molecule has 0 aliphatic heterocycles. The van der Waals surface area contributed by atoms with Crippen LogP contribution in [0.3, 0.4) is 0 Å². The standard InChI is InChI=1S/C31H25O4P/c32-36(33-20-23-8-3-1-4-9-23,34-21-24-10-5-2-6-11-24)35-22-28-17-16-27-15-14-25-12-7-13-26-18-19-29(28)31(27)30(25)26/h1-19H,20-22H2. The van der Waals surface area contributed by atoms with Crippen LogP contribution in [0.4, 0.5) is 0 Å². The second-order valence-electron chi connectivity index (χ2n) is 8.82. The number of rotatable bonds is 9. The van der Waals surface area contributed by atoms with Gasteiger partial charge in [0.05, 0.1) is 19.8 Å². The highest BCUT2D eigenvalue weighted by molar-refractivity contribution is 7.48. The molecule has 36 heavy (non-hydrogen) atoms. The van der Waals surface area contributed by atoms with E-state index in [1.807, 2.05) is 66.7 Å². The smallest absolute Gasteiger partial charge is 0.282 e. The molecule has 0 aliphatic rings. The van der Waals surface area contributed by atoms with Crippen LogP contribution in [0.1, 0.15) is 16.7 Å². The zero-order valence-corrected chi connectivity index (χ0v) is 20.6. The van der Waals surface area contributed by atoms with Gasteiger partial charge in [-0.2, -0.15) is 0 Å².